The molecule has 0 saturated carbocycles. The van der Waals surface area contributed by atoms with Crippen molar-refractivity contribution in [2.24, 2.45) is 5.41 Å². The third kappa shape index (κ3) is 8.20. The summed E-state index contributed by atoms with van der Waals surface area (Å²) in [5.41, 5.74) is 1.45. The Morgan fingerprint density at radius 1 is 1.35 bits per heavy atom. The molecular weight excluding hydrogens is 470 g/mol. The largest absolute Gasteiger partial charge is 2.00 e. The summed E-state index contributed by atoms with van der Waals surface area (Å²) >= 11 is 0. The van der Waals surface area contributed by atoms with Crippen molar-refractivity contribution in [1.82, 2.24) is 4.90 Å². The summed E-state index contributed by atoms with van der Waals surface area (Å²) < 4.78 is 15.5. The zero-order valence-corrected chi connectivity index (χ0v) is 17.8. The standard InChI is InChI=1S/C7H9NO2.C6H12O2.C2H5O.CH3.W/c1-4-5(2)7(10)8(3)6(4)9;1-6(3-7-2)4-8-5-6;1-2-3;;/h1-3H3;3-5H2,1-2H3;2-3H,1H3;1H3;/q;;2*-1;+2/i;;;1D;. The number of methoxy groups -OCH3 is 1. The van der Waals surface area contributed by atoms with Gasteiger partial charge in [0.05, 0.1) is 19.8 Å². The molecule has 0 aliphatic carbocycles. The van der Waals surface area contributed by atoms with E-state index in [1.54, 1.807) is 27.9 Å². The fraction of sp³-hybridized carbons (Fsp3) is 0.625. The molecule has 2 amide bonds. The second kappa shape index (κ2) is 12.8. The van der Waals surface area contributed by atoms with Crippen LogP contribution in [0, 0.1) is 19.4 Å². The van der Waals surface area contributed by atoms with E-state index in [0.29, 0.717) is 16.6 Å². The van der Waals surface area contributed by atoms with Crippen LogP contribution in [0.1, 0.15) is 29.1 Å². The summed E-state index contributed by atoms with van der Waals surface area (Å²) in [5, 5.41) is 7.44. The molecule has 1 N–H and O–H groups in total. The molecule has 2 aliphatic rings. The van der Waals surface area contributed by atoms with E-state index >= 15 is 0 Å². The summed E-state index contributed by atoms with van der Waals surface area (Å²) in [6.07, 6.45) is 0. The van der Waals surface area contributed by atoms with Gasteiger partial charge in [-0.15, -0.1) is 0 Å². The number of ether oxygens (including phenoxy) is 2. The van der Waals surface area contributed by atoms with Gasteiger partial charge >= 0.3 is 21.1 Å². The molecule has 1 fully saturated rings. The Hall–Kier alpha value is -0.552. The Kier molecular flexibility index (Phi) is 13.8. The first kappa shape index (κ1) is 24.7. The van der Waals surface area contributed by atoms with Crippen LogP contribution < -0.4 is 0 Å². The molecule has 2 rings (SSSR count). The maximum absolute atomic E-state index is 11.0. The Morgan fingerprint density at radius 2 is 1.70 bits per heavy atom. The second-order valence-electron chi connectivity index (χ2n) is 5.41. The van der Waals surface area contributed by atoms with Gasteiger partial charge in [-0.3, -0.25) is 14.5 Å². The SMILES string of the molecule is CC1=C(C)C(=O)N(C)C1=O.COCC1(C)COC1.C[CH-]O.[2H][CH2-].[W+2]. The first-order valence-corrected chi connectivity index (χ1v) is 6.72. The van der Waals surface area contributed by atoms with Crippen LogP contribution in [0.4, 0.5) is 0 Å². The number of carbonyl (C=O) groups excluding carboxylic acids is 2. The number of aliphatic hydroxyl groups is 1. The smallest absolute Gasteiger partial charge is 0.566 e. The minimum Gasteiger partial charge on any atom is -0.566 e. The number of hydrogen-bond donors (Lipinski definition) is 1. The van der Waals surface area contributed by atoms with Crippen LogP contribution in [-0.4, -0.2) is 55.8 Å². The van der Waals surface area contributed by atoms with Crippen LogP contribution >= 0.6 is 0 Å². The van der Waals surface area contributed by atoms with E-state index in [0.717, 1.165) is 31.3 Å². The molecule has 0 aromatic carbocycles. The Bertz CT molecular complexity index is 387. The summed E-state index contributed by atoms with van der Waals surface area (Å²) in [4.78, 5) is 23.1. The number of carbonyl (C=O) groups is 2. The molecule has 1 saturated heterocycles. The third-order valence-electron chi connectivity index (χ3n) is 3.21. The first-order chi connectivity index (χ1) is 10.7. The van der Waals surface area contributed by atoms with Crippen LogP contribution in [0.5, 0.6) is 0 Å². The van der Waals surface area contributed by atoms with Gasteiger partial charge in [-0.1, -0.05) is 6.92 Å². The Labute approximate surface area is 155 Å². The van der Waals surface area contributed by atoms with Crippen molar-refractivity contribution < 1.29 is 46.6 Å². The van der Waals surface area contributed by atoms with E-state index in [1.165, 1.54) is 7.05 Å². The van der Waals surface area contributed by atoms with Crippen LogP contribution in [-0.2, 0) is 40.1 Å². The molecule has 6 nitrogen and oxygen atoms in total. The van der Waals surface area contributed by atoms with Gasteiger partial charge in [-0.25, -0.2) is 7.98 Å². The zero-order chi connectivity index (χ0) is 18.6. The van der Waals surface area contributed by atoms with E-state index in [-0.39, 0.29) is 32.9 Å². The molecule has 0 unspecified atom stereocenters. The van der Waals surface area contributed by atoms with Crippen molar-refractivity contribution in [2.45, 2.75) is 27.7 Å². The summed E-state index contributed by atoms with van der Waals surface area (Å²) in [7, 11) is 5.72. The molecule has 0 radical (unpaired) electrons. The predicted molar refractivity (Wildman–Crippen MR) is 85.3 cm³/mol. The van der Waals surface area contributed by atoms with Gasteiger partial charge < -0.3 is 22.0 Å². The molecule has 2 aliphatic heterocycles. The molecule has 7 heteroatoms. The topological polar surface area (TPSA) is 76.1 Å². The van der Waals surface area contributed by atoms with Crippen molar-refractivity contribution in [1.29, 1.82) is 0 Å². The summed E-state index contributed by atoms with van der Waals surface area (Å²) in [6.45, 7) is 10.6. The van der Waals surface area contributed by atoms with E-state index in [4.69, 9.17) is 16.0 Å². The monoisotopic (exact) mass is 500 g/mol. The molecule has 2 heterocycles. The molecule has 134 valence electrons. The molecule has 23 heavy (non-hydrogen) atoms. The van der Waals surface area contributed by atoms with Crippen molar-refractivity contribution >= 4 is 11.8 Å². The van der Waals surface area contributed by atoms with Gasteiger partial charge in [0.15, 0.2) is 0 Å². The van der Waals surface area contributed by atoms with Gasteiger partial charge in [-0.05, 0) is 13.8 Å². The number of rotatable bonds is 2. The van der Waals surface area contributed by atoms with Crippen molar-refractivity contribution in [3.8, 4) is 0 Å². The van der Waals surface area contributed by atoms with Crippen molar-refractivity contribution in [3.63, 3.8) is 0 Å². The number of hydrogen-bond acceptors (Lipinski definition) is 5. The van der Waals surface area contributed by atoms with Crippen LogP contribution in [0.15, 0.2) is 11.1 Å². The molecule has 0 bridgehead atoms. The maximum atomic E-state index is 11.0. The van der Waals surface area contributed by atoms with Gasteiger partial charge in [0, 0.05) is 30.7 Å². The van der Waals surface area contributed by atoms with Gasteiger partial charge in [0.2, 0.25) is 0 Å². The Balaban J connectivity index is -0.000000285. The summed E-state index contributed by atoms with van der Waals surface area (Å²) in [6, 6.07) is 0. The zero-order valence-electron chi connectivity index (χ0n) is 15.8. The molecule has 0 aromatic rings. The van der Waals surface area contributed by atoms with Crippen LogP contribution in [0.3, 0.4) is 0 Å². The first-order valence-electron chi connectivity index (χ1n) is 7.43. The minimum absolute atomic E-state index is 0. The molecule has 0 aromatic heterocycles. The average molecular weight is 500 g/mol. The fourth-order valence-electron chi connectivity index (χ4n) is 1.80. The number of imide groups is 1. The number of aliphatic hydroxyl groups excluding tert-OH is 1. The van der Waals surface area contributed by atoms with Crippen LogP contribution in [0.25, 0.3) is 0 Å². The number of amides is 2. The van der Waals surface area contributed by atoms with Crippen molar-refractivity contribution in [2.75, 3.05) is 34.0 Å². The maximum Gasteiger partial charge on any atom is 2.00 e. The number of nitrogens with zero attached hydrogens (tertiary/aromatic N) is 1. The average Bonchev–Trinajstić information content (AvgIpc) is 2.68. The second-order valence-corrected chi connectivity index (χ2v) is 5.41. The normalized spacial score (nSPS) is 18.1. The van der Waals surface area contributed by atoms with Gasteiger partial charge in [0.1, 0.15) is 0 Å². The predicted octanol–water partition coefficient (Wildman–Crippen LogP) is 1.98. The summed E-state index contributed by atoms with van der Waals surface area (Å²) in [5.74, 6) is -0.356. The van der Waals surface area contributed by atoms with Gasteiger partial charge in [-0.2, -0.15) is 6.92 Å². The van der Waals surface area contributed by atoms with Crippen LogP contribution in [0.2, 0.25) is 0 Å². The molecule has 0 spiro atoms. The van der Waals surface area contributed by atoms with E-state index < -0.39 is 0 Å². The van der Waals surface area contributed by atoms with E-state index in [9.17, 15) is 9.59 Å². The van der Waals surface area contributed by atoms with Gasteiger partial charge in [0.25, 0.3) is 11.8 Å². The quantitative estimate of drug-likeness (QED) is 0.464. The fourth-order valence-corrected chi connectivity index (χ4v) is 1.80. The third-order valence-corrected chi connectivity index (χ3v) is 3.21. The molecular formula is C16H29NO5W. The van der Waals surface area contributed by atoms with E-state index in [1.807, 2.05) is 0 Å². The molecule has 0 atom stereocenters. The Morgan fingerprint density at radius 3 is 1.78 bits per heavy atom. The van der Waals surface area contributed by atoms with E-state index in [2.05, 4.69) is 14.3 Å². The van der Waals surface area contributed by atoms with Crippen molar-refractivity contribution in [3.05, 3.63) is 25.2 Å². The minimum atomic E-state index is -0.178. The number of likely N-dealkylation sites (N-methyl/N-ethyl adjacent to an activating group) is 1.